The molecule has 0 aliphatic rings. The van der Waals surface area contributed by atoms with E-state index in [0.29, 0.717) is 18.7 Å². The highest BCUT2D eigenvalue weighted by atomic mass is 35.5. The van der Waals surface area contributed by atoms with Gasteiger partial charge in [-0.25, -0.2) is 0 Å². The number of nitrogens with zero attached hydrogens (tertiary/aromatic N) is 2. The van der Waals surface area contributed by atoms with Gasteiger partial charge in [0, 0.05) is 19.7 Å². The van der Waals surface area contributed by atoms with Crippen LogP contribution in [0.5, 0.6) is 0 Å². The van der Waals surface area contributed by atoms with E-state index in [1.807, 2.05) is 0 Å². The molecule has 18 heavy (non-hydrogen) atoms. The van der Waals surface area contributed by atoms with E-state index in [1.54, 1.807) is 18.9 Å². The number of aliphatic hydroxyl groups excluding tert-OH is 1. The Morgan fingerprint density at radius 3 is 2.50 bits per heavy atom. The molecule has 1 N–H and O–H groups in total. The normalized spacial score (nSPS) is 12.3. The van der Waals surface area contributed by atoms with Crippen LogP contribution in [0.4, 0.5) is 11.4 Å². The van der Waals surface area contributed by atoms with Crippen LogP contribution >= 0.6 is 23.2 Å². The van der Waals surface area contributed by atoms with Gasteiger partial charge in [0.05, 0.1) is 21.1 Å². The average Bonchev–Trinajstić information content (AvgIpc) is 2.28. The highest BCUT2D eigenvalue weighted by molar-refractivity contribution is 6.42. The number of halogens is 2. The molecule has 0 amide bonds. The van der Waals surface area contributed by atoms with Crippen molar-refractivity contribution >= 4 is 34.6 Å². The van der Waals surface area contributed by atoms with Crippen LogP contribution in [0.1, 0.15) is 13.3 Å². The van der Waals surface area contributed by atoms with Crippen molar-refractivity contribution in [2.75, 3.05) is 18.5 Å². The molecule has 0 saturated heterocycles. The molecule has 1 atom stereocenters. The molecule has 0 radical (unpaired) electrons. The number of aliphatic hydroxyl groups is 1. The number of anilines is 1. The van der Waals surface area contributed by atoms with Crippen LogP contribution in [0.15, 0.2) is 12.1 Å². The van der Waals surface area contributed by atoms with Crippen LogP contribution in [0.2, 0.25) is 10.0 Å². The van der Waals surface area contributed by atoms with Gasteiger partial charge < -0.3 is 10.0 Å². The van der Waals surface area contributed by atoms with E-state index in [2.05, 4.69) is 0 Å². The molecule has 1 aromatic rings. The first-order chi connectivity index (χ1) is 8.32. The minimum Gasteiger partial charge on any atom is -0.393 e. The van der Waals surface area contributed by atoms with Crippen molar-refractivity contribution in [3.05, 3.63) is 32.3 Å². The zero-order valence-electron chi connectivity index (χ0n) is 10.1. The third kappa shape index (κ3) is 3.73. The predicted octanol–water partition coefficient (Wildman–Crippen LogP) is 3.11. The molecule has 1 rings (SSSR count). The van der Waals surface area contributed by atoms with Gasteiger partial charge in [0.1, 0.15) is 5.69 Å². The smallest absolute Gasteiger partial charge is 0.294 e. The first kappa shape index (κ1) is 15.0. The van der Waals surface area contributed by atoms with Gasteiger partial charge in [-0.3, -0.25) is 10.1 Å². The van der Waals surface area contributed by atoms with Crippen molar-refractivity contribution in [3.63, 3.8) is 0 Å². The Labute approximate surface area is 115 Å². The van der Waals surface area contributed by atoms with Crippen molar-refractivity contribution in [2.24, 2.45) is 0 Å². The minimum absolute atomic E-state index is 0.0995. The highest BCUT2D eigenvalue weighted by Gasteiger charge is 2.20. The second-order valence-corrected chi connectivity index (χ2v) is 4.89. The fourth-order valence-electron chi connectivity index (χ4n) is 1.48. The zero-order valence-corrected chi connectivity index (χ0v) is 11.6. The van der Waals surface area contributed by atoms with Gasteiger partial charge in [-0.1, -0.05) is 23.2 Å². The van der Waals surface area contributed by atoms with Crippen LogP contribution in [-0.4, -0.2) is 29.7 Å². The summed E-state index contributed by atoms with van der Waals surface area (Å²) in [5, 5.41) is 20.6. The molecular weight excluding hydrogens is 279 g/mol. The molecule has 0 bridgehead atoms. The molecule has 0 heterocycles. The van der Waals surface area contributed by atoms with Gasteiger partial charge >= 0.3 is 0 Å². The van der Waals surface area contributed by atoms with E-state index in [0.717, 1.165) is 0 Å². The molecule has 0 fully saturated rings. The van der Waals surface area contributed by atoms with Crippen LogP contribution in [0.25, 0.3) is 0 Å². The van der Waals surface area contributed by atoms with Crippen LogP contribution in [0.3, 0.4) is 0 Å². The molecule has 0 saturated carbocycles. The van der Waals surface area contributed by atoms with Crippen LogP contribution in [-0.2, 0) is 0 Å². The number of rotatable bonds is 5. The lowest BCUT2D eigenvalue weighted by atomic mass is 10.2. The summed E-state index contributed by atoms with van der Waals surface area (Å²) in [4.78, 5) is 12.1. The summed E-state index contributed by atoms with van der Waals surface area (Å²) >= 11 is 11.6. The Balaban J connectivity index is 3.05. The summed E-state index contributed by atoms with van der Waals surface area (Å²) in [6.07, 6.45) is 0.0442. The minimum atomic E-state index is -0.504. The number of nitro groups is 1. The lowest BCUT2D eigenvalue weighted by Gasteiger charge is -2.20. The second-order valence-electron chi connectivity index (χ2n) is 4.07. The standard InChI is InChI=1S/C11H14Cl2N2O3/c1-7(16)3-4-14(2)10-5-8(12)9(13)6-11(10)15(17)18/h5-7,16H,3-4H2,1-2H3. The number of benzene rings is 1. The molecule has 1 aromatic carbocycles. The summed E-state index contributed by atoms with van der Waals surface area (Å²) in [7, 11) is 1.70. The lowest BCUT2D eigenvalue weighted by Crippen LogP contribution is -2.22. The third-order valence-electron chi connectivity index (χ3n) is 2.51. The Morgan fingerprint density at radius 2 is 2.00 bits per heavy atom. The largest absolute Gasteiger partial charge is 0.393 e. The van der Waals surface area contributed by atoms with E-state index < -0.39 is 11.0 Å². The van der Waals surface area contributed by atoms with Gasteiger partial charge in [0.2, 0.25) is 0 Å². The maximum absolute atomic E-state index is 11.0. The molecule has 100 valence electrons. The van der Waals surface area contributed by atoms with Gasteiger partial charge in [0.15, 0.2) is 0 Å². The van der Waals surface area contributed by atoms with E-state index in [-0.39, 0.29) is 15.7 Å². The summed E-state index contributed by atoms with van der Waals surface area (Å²) in [5.74, 6) is 0. The fourth-order valence-corrected chi connectivity index (χ4v) is 1.79. The number of nitro benzene ring substituents is 1. The van der Waals surface area contributed by atoms with Crippen molar-refractivity contribution in [1.82, 2.24) is 0 Å². The van der Waals surface area contributed by atoms with Crippen molar-refractivity contribution < 1.29 is 10.0 Å². The maximum Gasteiger partial charge on any atom is 0.294 e. The van der Waals surface area contributed by atoms with Gasteiger partial charge in [-0.2, -0.15) is 0 Å². The topological polar surface area (TPSA) is 66.6 Å². The maximum atomic E-state index is 11.0. The van der Waals surface area contributed by atoms with Crippen molar-refractivity contribution in [2.45, 2.75) is 19.4 Å². The fraction of sp³-hybridized carbons (Fsp3) is 0.455. The zero-order chi connectivity index (χ0) is 13.9. The SMILES string of the molecule is CC(O)CCN(C)c1cc(Cl)c(Cl)cc1[N+](=O)[O-]. The van der Waals surface area contributed by atoms with Gasteiger partial charge in [0.25, 0.3) is 5.69 Å². The van der Waals surface area contributed by atoms with Gasteiger partial charge in [-0.05, 0) is 19.4 Å². The Hall–Kier alpha value is -1.04. The van der Waals surface area contributed by atoms with E-state index >= 15 is 0 Å². The molecule has 7 heteroatoms. The summed E-state index contributed by atoms with van der Waals surface area (Å²) < 4.78 is 0. The second kappa shape index (κ2) is 6.22. The van der Waals surface area contributed by atoms with Crippen LogP contribution in [0, 0.1) is 10.1 Å². The Bertz CT molecular complexity index is 452. The van der Waals surface area contributed by atoms with Crippen molar-refractivity contribution in [1.29, 1.82) is 0 Å². The van der Waals surface area contributed by atoms with Crippen LogP contribution < -0.4 is 4.90 Å². The van der Waals surface area contributed by atoms with Gasteiger partial charge in [-0.15, -0.1) is 0 Å². The monoisotopic (exact) mass is 292 g/mol. The molecule has 5 nitrogen and oxygen atoms in total. The number of hydrogen-bond donors (Lipinski definition) is 1. The molecular formula is C11H14Cl2N2O3. The van der Waals surface area contributed by atoms with E-state index in [1.165, 1.54) is 12.1 Å². The Kier molecular flexibility index (Phi) is 5.19. The molecule has 1 unspecified atom stereocenters. The molecule has 0 spiro atoms. The number of hydrogen-bond acceptors (Lipinski definition) is 4. The molecule has 0 aliphatic heterocycles. The Morgan fingerprint density at radius 1 is 1.44 bits per heavy atom. The summed E-state index contributed by atoms with van der Waals surface area (Å²) in [6.45, 7) is 2.15. The predicted molar refractivity (Wildman–Crippen MR) is 72.7 cm³/mol. The molecule has 0 aromatic heterocycles. The van der Waals surface area contributed by atoms with E-state index in [4.69, 9.17) is 23.2 Å². The lowest BCUT2D eigenvalue weighted by molar-refractivity contribution is -0.384. The first-order valence-electron chi connectivity index (χ1n) is 5.35. The molecule has 0 aliphatic carbocycles. The summed E-state index contributed by atoms with van der Waals surface area (Å²) in [5.41, 5.74) is 0.285. The average molecular weight is 293 g/mol. The first-order valence-corrected chi connectivity index (χ1v) is 6.11. The summed E-state index contributed by atoms with van der Waals surface area (Å²) in [6, 6.07) is 2.70. The van der Waals surface area contributed by atoms with Crippen molar-refractivity contribution in [3.8, 4) is 0 Å². The van der Waals surface area contributed by atoms with E-state index in [9.17, 15) is 15.2 Å². The highest BCUT2D eigenvalue weighted by Crippen LogP contribution is 2.35. The third-order valence-corrected chi connectivity index (χ3v) is 3.23. The quantitative estimate of drug-likeness (QED) is 0.669.